The van der Waals surface area contributed by atoms with Gasteiger partial charge in [0.1, 0.15) is 11.4 Å². The molecule has 38 heavy (non-hydrogen) atoms. The molecule has 0 fully saturated rings. The van der Waals surface area contributed by atoms with Crippen molar-refractivity contribution in [3.05, 3.63) is 65.0 Å². The molecule has 0 aliphatic carbocycles. The Morgan fingerprint density at radius 1 is 1.16 bits per heavy atom. The molecule has 0 amide bonds. The van der Waals surface area contributed by atoms with Crippen LogP contribution in [0.25, 0.3) is 21.8 Å². The number of carbonyl (C=O) groups excluding carboxylic acids is 2. The molecule has 0 saturated heterocycles. The van der Waals surface area contributed by atoms with Crippen molar-refractivity contribution >= 4 is 33.9 Å². The van der Waals surface area contributed by atoms with E-state index in [9.17, 15) is 14.9 Å². The summed E-state index contributed by atoms with van der Waals surface area (Å²) in [7, 11) is 1.61. The van der Waals surface area contributed by atoms with E-state index in [0.29, 0.717) is 24.3 Å². The van der Waals surface area contributed by atoms with Gasteiger partial charge in [0.15, 0.2) is 0 Å². The Morgan fingerprint density at radius 3 is 2.58 bits per heavy atom. The maximum atomic E-state index is 13.1. The average molecular weight is 516 g/mol. The molecular weight excluding hydrogens is 482 g/mol. The molecule has 4 aromatic rings. The Hall–Kier alpha value is -4.25. The molecular formula is C30H33N3O5. The summed E-state index contributed by atoms with van der Waals surface area (Å²) in [6.07, 6.45) is 1.89. The van der Waals surface area contributed by atoms with Crippen LogP contribution in [0.1, 0.15) is 68.8 Å². The number of rotatable bonds is 7. The zero-order valence-corrected chi connectivity index (χ0v) is 22.7. The van der Waals surface area contributed by atoms with Gasteiger partial charge in [-0.1, -0.05) is 0 Å². The lowest BCUT2D eigenvalue weighted by atomic mass is 9.87. The number of aryl methyl sites for hydroxylation is 1. The molecule has 1 unspecified atom stereocenters. The number of H-pyrrole nitrogens is 1. The van der Waals surface area contributed by atoms with Crippen LogP contribution >= 0.6 is 0 Å². The molecule has 8 nitrogen and oxygen atoms in total. The highest BCUT2D eigenvalue weighted by Crippen LogP contribution is 2.42. The van der Waals surface area contributed by atoms with E-state index >= 15 is 0 Å². The number of aromatic amines is 1. The molecule has 0 aliphatic heterocycles. The van der Waals surface area contributed by atoms with E-state index in [-0.39, 0.29) is 18.3 Å². The molecule has 0 bridgehead atoms. The van der Waals surface area contributed by atoms with Gasteiger partial charge in [0.2, 0.25) is 0 Å². The molecule has 0 spiro atoms. The fraction of sp³-hybridized carbons (Fsp3) is 0.367. The molecule has 1 atom stereocenters. The second kappa shape index (κ2) is 10.6. The van der Waals surface area contributed by atoms with Gasteiger partial charge in [-0.25, -0.2) is 4.79 Å². The predicted molar refractivity (Wildman–Crippen MR) is 146 cm³/mol. The van der Waals surface area contributed by atoms with Crippen molar-refractivity contribution in [1.82, 2.24) is 9.55 Å². The predicted octanol–water partition coefficient (Wildman–Crippen LogP) is 6.57. The minimum absolute atomic E-state index is 0.197. The number of methoxy groups -OCH3 is 1. The van der Waals surface area contributed by atoms with Gasteiger partial charge >= 0.3 is 12.1 Å². The van der Waals surface area contributed by atoms with Gasteiger partial charge in [0, 0.05) is 46.1 Å². The summed E-state index contributed by atoms with van der Waals surface area (Å²) >= 11 is 0. The highest BCUT2D eigenvalue weighted by atomic mass is 16.6. The first-order chi connectivity index (χ1) is 18.1. The lowest BCUT2D eigenvalue weighted by Gasteiger charge is -2.22. The summed E-state index contributed by atoms with van der Waals surface area (Å²) in [6, 6.07) is 13.5. The van der Waals surface area contributed by atoms with Crippen LogP contribution in [-0.4, -0.2) is 40.9 Å². The van der Waals surface area contributed by atoms with Gasteiger partial charge in [-0.05, 0) is 83.0 Å². The van der Waals surface area contributed by atoms with Crippen molar-refractivity contribution in [3.8, 4) is 11.8 Å². The molecule has 198 valence electrons. The van der Waals surface area contributed by atoms with Gasteiger partial charge in [-0.15, -0.1) is 0 Å². The Balaban J connectivity index is 1.91. The number of ether oxygens (including phenoxy) is 3. The summed E-state index contributed by atoms with van der Waals surface area (Å²) in [6.45, 7) is 9.51. The number of hydrogen-bond donors (Lipinski definition) is 1. The molecule has 2 aromatic heterocycles. The largest absolute Gasteiger partial charge is 0.496 e. The molecule has 0 saturated carbocycles. The lowest BCUT2D eigenvalue weighted by molar-refractivity contribution is -0.143. The first kappa shape index (κ1) is 26.8. The zero-order valence-electron chi connectivity index (χ0n) is 22.7. The summed E-state index contributed by atoms with van der Waals surface area (Å²) in [5.41, 5.74) is 4.10. The molecule has 8 heteroatoms. The number of fused-ring (bicyclic) bond motifs is 2. The van der Waals surface area contributed by atoms with Crippen molar-refractivity contribution in [3.63, 3.8) is 0 Å². The smallest absolute Gasteiger partial charge is 0.419 e. The van der Waals surface area contributed by atoms with Crippen LogP contribution in [0, 0.1) is 18.3 Å². The van der Waals surface area contributed by atoms with Gasteiger partial charge in [0.25, 0.3) is 0 Å². The number of esters is 1. The second-order valence-electron chi connectivity index (χ2n) is 10.3. The Labute approximate surface area is 222 Å². The van der Waals surface area contributed by atoms with Gasteiger partial charge < -0.3 is 19.2 Å². The van der Waals surface area contributed by atoms with Crippen LogP contribution in [0.3, 0.4) is 0 Å². The summed E-state index contributed by atoms with van der Waals surface area (Å²) in [5, 5.41) is 11.1. The first-order valence-corrected chi connectivity index (χ1v) is 12.7. The minimum Gasteiger partial charge on any atom is -0.496 e. The first-order valence-electron chi connectivity index (χ1n) is 12.7. The van der Waals surface area contributed by atoms with Gasteiger partial charge in [-0.2, -0.15) is 5.26 Å². The number of nitrogens with one attached hydrogen (secondary N) is 1. The molecule has 2 heterocycles. The third-order valence-electron chi connectivity index (χ3n) is 6.41. The van der Waals surface area contributed by atoms with E-state index in [1.807, 2.05) is 58.0 Å². The van der Waals surface area contributed by atoms with Crippen LogP contribution in [-0.2, 0) is 14.3 Å². The third kappa shape index (κ3) is 5.37. The van der Waals surface area contributed by atoms with E-state index in [0.717, 1.165) is 38.6 Å². The van der Waals surface area contributed by atoms with Crippen molar-refractivity contribution in [2.75, 3.05) is 13.7 Å². The van der Waals surface area contributed by atoms with E-state index in [4.69, 9.17) is 14.2 Å². The fourth-order valence-electron chi connectivity index (χ4n) is 4.88. The zero-order chi connectivity index (χ0) is 27.6. The second-order valence-corrected chi connectivity index (χ2v) is 10.3. The lowest BCUT2D eigenvalue weighted by Crippen LogP contribution is -2.26. The topological polar surface area (TPSA) is 106 Å². The number of nitriles is 1. The van der Waals surface area contributed by atoms with E-state index in [1.165, 1.54) is 4.57 Å². The minimum atomic E-state index is -0.647. The van der Waals surface area contributed by atoms with Gasteiger partial charge in [-0.3, -0.25) is 9.36 Å². The summed E-state index contributed by atoms with van der Waals surface area (Å²) in [4.78, 5) is 28.9. The summed E-state index contributed by atoms with van der Waals surface area (Å²) < 4.78 is 18.2. The number of benzene rings is 2. The van der Waals surface area contributed by atoms with Crippen molar-refractivity contribution in [2.24, 2.45) is 0 Å². The van der Waals surface area contributed by atoms with E-state index in [1.54, 1.807) is 26.3 Å². The quantitative estimate of drug-likeness (QED) is 0.279. The van der Waals surface area contributed by atoms with Crippen molar-refractivity contribution in [1.29, 1.82) is 5.26 Å². The maximum absolute atomic E-state index is 13.1. The van der Waals surface area contributed by atoms with Crippen LogP contribution in [0.2, 0.25) is 0 Å². The van der Waals surface area contributed by atoms with Crippen LogP contribution in [0.4, 0.5) is 4.79 Å². The molecule has 0 radical (unpaired) electrons. The monoisotopic (exact) mass is 515 g/mol. The van der Waals surface area contributed by atoms with Crippen LogP contribution in [0.5, 0.6) is 5.75 Å². The van der Waals surface area contributed by atoms with E-state index in [2.05, 4.69) is 11.1 Å². The molecule has 1 N–H and O–H groups in total. The standard InChI is InChI=1S/C30H33N3O5/c1-7-37-26(34)11-9-21(24-16-20-15-19(17-31)8-10-23(20)32-24)27-22-12-13-33(29(35)38-30(3,4)5)28(22)18(2)14-25(27)36-6/h8,10,12-16,21,32H,7,9,11H2,1-6H3. The van der Waals surface area contributed by atoms with Crippen molar-refractivity contribution in [2.45, 2.75) is 59.0 Å². The third-order valence-corrected chi connectivity index (χ3v) is 6.41. The highest BCUT2D eigenvalue weighted by Gasteiger charge is 2.28. The number of aromatic nitrogens is 2. The van der Waals surface area contributed by atoms with Crippen LogP contribution < -0.4 is 4.74 Å². The van der Waals surface area contributed by atoms with E-state index < -0.39 is 11.7 Å². The highest BCUT2D eigenvalue weighted by molar-refractivity contribution is 5.96. The van der Waals surface area contributed by atoms with Gasteiger partial charge in [0.05, 0.1) is 30.9 Å². The summed E-state index contributed by atoms with van der Waals surface area (Å²) in [5.74, 6) is 0.0843. The number of hydrogen-bond acceptors (Lipinski definition) is 6. The van der Waals surface area contributed by atoms with Crippen molar-refractivity contribution < 1.29 is 23.8 Å². The molecule has 4 rings (SSSR count). The molecule has 0 aliphatic rings. The fourth-order valence-corrected chi connectivity index (χ4v) is 4.88. The Morgan fingerprint density at radius 2 is 1.92 bits per heavy atom. The number of nitrogens with zero attached hydrogens (tertiary/aromatic N) is 2. The average Bonchev–Trinajstić information content (AvgIpc) is 3.48. The Kier molecular flexibility index (Phi) is 7.49. The maximum Gasteiger partial charge on any atom is 0.419 e. The normalized spacial score (nSPS) is 12.3. The molecule has 2 aromatic carbocycles. The SMILES string of the molecule is CCOC(=O)CCC(c1cc2cc(C#N)ccc2[nH]1)c1c(OC)cc(C)c2c1ccn2C(=O)OC(C)(C)C. The van der Waals surface area contributed by atoms with Crippen LogP contribution in [0.15, 0.2) is 42.6 Å². The Bertz CT molecular complexity index is 1550. The number of carbonyl (C=O) groups is 2.